The maximum absolute atomic E-state index is 9.61. The Kier molecular flexibility index (Phi) is 5.17. The highest BCUT2D eigenvalue weighted by atomic mass is 16.3. The van der Waals surface area contributed by atoms with Crippen LogP contribution in [0, 0.1) is 5.41 Å². The van der Waals surface area contributed by atoms with Gasteiger partial charge in [-0.05, 0) is 6.42 Å². The Hall–Kier alpha value is -0.535. The molecule has 0 spiro atoms. The van der Waals surface area contributed by atoms with E-state index in [0.29, 0.717) is 12.0 Å². The van der Waals surface area contributed by atoms with Gasteiger partial charge in [-0.25, -0.2) is 0 Å². The SMILES string of the molecule is CC.[B][C@H]1C[C@H](O)[C@@](C=C)(CO)C1=C. The van der Waals surface area contributed by atoms with Gasteiger partial charge in [0.05, 0.1) is 26.0 Å². The highest BCUT2D eigenvalue weighted by molar-refractivity contribution is 6.14. The van der Waals surface area contributed by atoms with Crippen LogP contribution in [-0.4, -0.2) is 30.8 Å². The third kappa shape index (κ3) is 1.94. The average molecular weight is 194 g/mol. The van der Waals surface area contributed by atoms with E-state index in [1.807, 2.05) is 13.8 Å². The minimum absolute atomic E-state index is 0.176. The Labute approximate surface area is 87.7 Å². The predicted octanol–water partition coefficient (Wildman–Crippen LogP) is 1.46. The molecule has 1 rings (SSSR count). The van der Waals surface area contributed by atoms with Gasteiger partial charge in [-0.1, -0.05) is 37.9 Å². The van der Waals surface area contributed by atoms with E-state index < -0.39 is 11.5 Å². The van der Waals surface area contributed by atoms with Crippen LogP contribution in [0.4, 0.5) is 0 Å². The second kappa shape index (κ2) is 5.37. The molecule has 0 heterocycles. The Bertz CT molecular complexity index is 215. The van der Waals surface area contributed by atoms with Crippen molar-refractivity contribution in [2.45, 2.75) is 32.2 Å². The lowest BCUT2D eigenvalue weighted by molar-refractivity contribution is 0.0587. The lowest BCUT2D eigenvalue weighted by Crippen LogP contribution is -2.32. The molecule has 0 unspecified atom stereocenters. The van der Waals surface area contributed by atoms with Crippen molar-refractivity contribution in [2.75, 3.05) is 6.61 Å². The van der Waals surface area contributed by atoms with Crippen LogP contribution in [0.2, 0.25) is 5.82 Å². The Morgan fingerprint density at radius 3 is 2.29 bits per heavy atom. The monoisotopic (exact) mass is 194 g/mol. The van der Waals surface area contributed by atoms with E-state index in [1.54, 1.807) is 0 Å². The molecule has 0 bridgehead atoms. The van der Waals surface area contributed by atoms with Crippen LogP contribution in [0.3, 0.4) is 0 Å². The molecule has 2 N–H and O–H groups in total. The molecule has 0 aromatic heterocycles. The van der Waals surface area contributed by atoms with Crippen molar-refractivity contribution in [3.63, 3.8) is 0 Å². The van der Waals surface area contributed by atoms with Gasteiger partial charge in [-0.3, -0.25) is 0 Å². The first-order chi connectivity index (χ1) is 6.58. The lowest BCUT2D eigenvalue weighted by Gasteiger charge is -2.28. The molecule has 2 radical (unpaired) electrons. The molecule has 2 nitrogen and oxygen atoms in total. The van der Waals surface area contributed by atoms with Crippen LogP contribution in [0.1, 0.15) is 20.3 Å². The zero-order valence-corrected chi connectivity index (χ0v) is 9.03. The number of aliphatic hydroxyl groups excluding tert-OH is 2. The summed E-state index contributed by atoms with van der Waals surface area (Å²) in [6, 6.07) is 0. The Morgan fingerprint density at radius 2 is 2.14 bits per heavy atom. The smallest absolute Gasteiger partial charge is 0.0760 e. The molecule has 0 amide bonds. The van der Waals surface area contributed by atoms with Crippen molar-refractivity contribution in [1.82, 2.24) is 0 Å². The molecule has 14 heavy (non-hydrogen) atoms. The van der Waals surface area contributed by atoms with Crippen LogP contribution in [0.25, 0.3) is 0 Å². The molecular formula is C11H19BO2. The summed E-state index contributed by atoms with van der Waals surface area (Å²) in [5.74, 6) is -0.231. The fraction of sp³-hybridized carbons (Fsp3) is 0.636. The van der Waals surface area contributed by atoms with Crippen molar-refractivity contribution in [3.8, 4) is 0 Å². The summed E-state index contributed by atoms with van der Waals surface area (Å²) in [7, 11) is 5.68. The predicted molar refractivity (Wildman–Crippen MR) is 60.3 cm³/mol. The molecule has 1 fully saturated rings. The molecule has 0 aromatic carbocycles. The van der Waals surface area contributed by atoms with E-state index in [2.05, 4.69) is 13.2 Å². The highest BCUT2D eigenvalue weighted by Crippen LogP contribution is 2.48. The Morgan fingerprint density at radius 1 is 1.64 bits per heavy atom. The van der Waals surface area contributed by atoms with Gasteiger partial charge in [0, 0.05) is 0 Å². The quantitative estimate of drug-likeness (QED) is 0.516. The zero-order chi connectivity index (χ0) is 11.4. The van der Waals surface area contributed by atoms with E-state index in [-0.39, 0.29) is 12.4 Å². The molecule has 0 aromatic rings. The van der Waals surface area contributed by atoms with Crippen molar-refractivity contribution >= 4 is 7.85 Å². The van der Waals surface area contributed by atoms with Gasteiger partial charge in [0.1, 0.15) is 0 Å². The van der Waals surface area contributed by atoms with Crippen molar-refractivity contribution in [1.29, 1.82) is 0 Å². The minimum Gasteiger partial charge on any atom is -0.395 e. The summed E-state index contributed by atoms with van der Waals surface area (Å²) in [5, 5.41) is 18.7. The van der Waals surface area contributed by atoms with Gasteiger partial charge in [-0.2, -0.15) is 0 Å². The summed E-state index contributed by atoms with van der Waals surface area (Å²) < 4.78 is 0. The van der Waals surface area contributed by atoms with Crippen LogP contribution < -0.4 is 0 Å². The molecule has 3 atom stereocenters. The molecule has 3 heteroatoms. The van der Waals surface area contributed by atoms with Crippen molar-refractivity contribution < 1.29 is 10.2 Å². The molecule has 1 aliphatic rings. The van der Waals surface area contributed by atoms with E-state index in [9.17, 15) is 5.11 Å². The number of hydrogen-bond donors (Lipinski definition) is 2. The molecule has 1 saturated carbocycles. The molecule has 0 aliphatic heterocycles. The van der Waals surface area contributed by atoms with Crippen LogP contribution in [0.5, 0.6) is 0 Å². The van der Waals surface area contributed by atoms with E-state index in [4.69, 9.17) is 13.0 Å². The van der Waals surface area contributed by atoms with Crippen LogP contribution in [0.15, 0.2) is 24.8 Å². The van der Waals surface area contributed by atoms with E-state index in [1.165, 1.54) is 6.08 Å². The molecule has 1 aliphatic carbocycles. The average Bonchev–Trinajstić information content (AvgIpc) is 2.43. The first-order valence-electron chi connectivity index (χ1n) is 4.96. The summed E-state index contributed by atoms with van der Waals surface area (Å²) in [6.07, 6.45) is 1.33. The lowest BCUT2D eigenvalue weighted by atomic mass is 9.76. The largest absolute Gasteiger partial charge is 0.395 e. The number of hydrogen-bond acceptors (Lipinski definition) is 2. The number of rotatable bonds is 2. The maximum Gasteiger partial charge on any atom is 0.0760 e. The third-order valence-electron chi connectivity index (χ3n) is 2.74. The van der Waals surface area contributed by atoms with Gasteiger partial charge in [0.2, 0.25) is 0 Å². The van der Waals surface area contributed by atoms with Crippen molar-refractivity contribution in [3.05, 3.63) is 24.8 Å². The van der Waals surface area contributed by atoms with Gasteiger partial charge in [0.15, 0.2) is 0 Å². The zero-order valence-electron chi connectivity index (χ0n) is 9.03. The maximum atomic E-state index is 9.61. The first kappa shape index (κ1) is 13.5. The van der Waals surface area contributed by atoms with Crippen LogP contribution in [-0.2, 0) is 0 Å². The third-order valence-corrected chi connectivity index (χ3v) is 2.74. The first-order valence-corrected chi connectivity index (χ1v) is 4.96. The van der Waals surface area contributed by atoms with Gasteiger partial charge in [-0.15, -0.1) is 6.58 Å². The topological polar surface area (TPSA) is 40.5 Å². The van der Waals surface area contributed by atoms with Gasteiger partial charge < -0.3 is 10.2 Å². The summed E-state index contributed by atoms with van der Waals surface area (Å²) >= 11 is 0. The van der Waals surface area contributed by atoms with Crippen molar-refractivity contribution in [2.24, 2.45) is 5.41 Å². The molecule has 0 saturated heterocycles. The standard InChI is InChI=1S/C9H13BO2.C2H6/c1-3-9(5-11)6(2)7(10)4-8(9)12;1-2/h3,7-8,11-12H,1-2,4-5H2;1-2H3/t7-,8-,9-;/m0./s1. The summed E-state index contributed by atoms with van der Waals surface area (Å²) in [5.41, 5.74) is -0.105. The van der Waals surface area contributed by atoms with Gasteiger partial charge >= 0.3 is 0 Å². The fourth-order valence-electron chi connectivity index (χ4n) is 1.69. The molecule has 78 valence electrons. The second-order valence-electron chi connectivity index (χ2n) is 3.29. The minimum atomic E-state index is -0.778. The number of aliphatic hydroxyl groups is 2. The normalized spacial score (nSPS) is 36.1. The van der Waals surface area contributed by atoms with Gasteiger partial charge in [0.25, 0.3) is 0 Å². The second-order valence-corrected chi connectivity index (χ2v) is 3.29. The van der Waals surface area contributed by atoms with Crippen LogP contribution >= 0.6 is 0 Å². The summed E-state index contributed by atoms with van der Waals surface area (Å²) in [6.45, 7) is 11.2. The van der Waals surface area contributed by atoms with E-state index >= 15 is 0 Å². The Balaban J connectivity index is 0.000000791. The summed E-state index contributed by atoms with van der Waals surface area (Å²) in [4.78, 5) is 0. The highest BCUT2D eigenvalue weighted by Gasteiger charge is 2.45. The fourth-order valence-corrected chi connectivity index (χ4v) is 1.69. The molecular weight excluding hydrogens is 175 g/mol. The van der Waals surface area contributed by atoms with E-state index in [0.717, 1.165) is 0 Å².